The van der Waals surface area contributed by atoms with E-state index >= 15 is 0 Å². The maximum Gasteiger partial charge on any atom is 0.306 e. The molecule has 1 fully saturated rings. The molecular weight excluding hydrogens is 336 g/mol. The summed E-state index contributed by atoms with van der Waals surface area (Å²) in [5.41, 5.74) is 0.217. The Hall–Kier alpha value is -2.13. The van der Waals surface area contributed by atoms with Crippen LogP contribution in [0.1, 0.15) is 25.7 Å². The number of sulfonamides is 1. The van der Waals surface area contributed by atoms with Crippen molar-refractivity contribution in [3.05, 3.63) is 18.2 Å². The Balaban J connectivity index is 2.12. The predicted molar refractivity (Wildman–Crippen MR) is 86.1 cm³/mol. The molecule has 2 rings (SSSR count). The van der Waals surface area contributed by atoms with Crippen molar-refractivity contribution in [1.82, 2.24) is 0 Å². The number of anilines is 1. The van der Waals surface area contributed by atoms with E-state index in [0.717, 1.165) is 0 Å². The number of nitrogens with two attached hydrogens (primary N) is 1. The van der Waals surface area contributed by atoms with Gasteiger partial charge in [-0.05, 0) is 43.9 Å². The number of aliphatic carboxylic acids is 1. The number of ether oxygens (including phenoxy) is 1. The first-order chi connectivity index (χ1) is 11.2. The van der Waals surface area contributed by atoms with Crippen LogP contribution in [0.4, 0.5) is 5.69 Å². The Bertz CT molecular complexity index is 738. The van der Waals surface area contributed by atoms with Gasteiger partial charge in [-0.25, -0.2) is 13.6 Å². The molecule has 0 heterocycles. The van der Waals surface area contributed by atoms with Gasteiger partial charge in [0, 0.05) is 5.92 Å². The first kappa shape index (κ1) is 18.2. The summed E-state index contributed by atoms with van der Waals surface area (Å²) in [6, 6.07) is 3.95. The second-order valence-electron chi connectivity index (χ2n) is 5.78. The number of hydrogen-bond acceptors (Lipinski definition) is 5. The molecule has 0 saturated heterocycles. The highest BCUT2D eigenvalue weighted by Crippen LogP contribution is 2.32. The van der Waals surface area contributed by atoms with E-state index in [4.69, 9.17) is 15.0 Å². The lowest BCUT2D eigenvalue weighted by molar-refractivity contribution is -0.143. The highest BCUT2D eigenvalue weighted by atomic mass is 32.2. The number of amides is 1. The summed E-state index contributed by atoms with van der Waals surface area (Å²) < 4.78 is 28.0. The minimum Gasteiger partial charge on any atom is -0.495 e. The number of benzene rings is 1. The molecule has 0 aliphatic heterocycles. The first-order valence-corrected chi connectivity index (χ1v) is 9.01. The summed E-state index contributed by atoms with van der Waals surface area (Å²) >= 11 is 0. The van der Waals surface area contributed by atoms with Gasteiger partial charge in [-0.1, -0.05) is 0 Å². The molecule has 0 atom stereocenters. The molecule has 0 radical (unpaired) electrons. The van der Waals surface area contributed by atoms with Gasteiger partial charge in [0.1, 0.15) is 5.75 Å². The molecular formula is C15H20N2O6S. The lowest BCUT2D eigenvalue weighted by Gasteiger charge is -2.25. The van der Waals surface area contributed by atoms with Crippen molar-refractivity contribution in [2.45, 2.75) is 30.6 Å². The maximum atomic E-state index is 12.4. The van der Waals surface area contributed by atoms with E-state index in [2.05, 4.69) is 5.32 Å². The number of rotatable bonds is 5. The molecule has 0 spiro atoms. The lowest BCUT2D eigenvalue weighted by Crippen LogP contribution is -2.29. The normalized spacial score (nSPS) is 21.1. The van der Waals surface area contributed by atoms with Crippen LogP contribution in [0.25, 0.3) is 0 Å². The number of carbonyl (C=O) groups excluding carboxylic acids is 1. The average Bonchev–Trinajstić information content (AvgIpc) is 2.54. The van der Waals surface area contributed by atoms with Gasteiger partial charge in [0.05, 0.1) is 23.6 Å². The van der Waals surface area contributed by atoms with Gasteiger partial charge < -0.3 is 15.2 Å². The predicted octanol–water partition coefficient (Wildman–Crippen LogP) is 1.17. The third-order valence-electron chi connectivity index (χ3n) is 4.20. The zero-order chi connectivity index (χ0) is 17.9. The van der Waals surface area contributed by atoms with E-state index in [1.54, 1.807) is 0 Å². The van der Waals surface area contributed by atoms with Gasteiger partial charge >= 0.3 is 5.97 Å². The molecule has 1 aromatic rings. The van der Waals surface area contributed by atoms with Crippen molar-refractivity contribution in [2.24, 2.45) is 17.0 Å². The van der Waals surface area contributed by atoms with E-state index in [-0.39, 0.29) is 22.4 Å². The maximum absolute atomic E-state index is 12.4. The van der Waals surface area contributed by atoms with Gasteiger partial charge in [-0.2, -0.15) is 0 Å². The molecule has 1 saturated carbocycles. The fourth-order valence-electron chi connectivity index (χ4n) is 2.80. The van der Waals surface area contributed by atoms with Crippen LogP contribution in [0.2, 0.25) is 0 Å². The fraction of sp³-hybridized carbons (Fsp3) is 0.467. The van der Waals surface area contributed by atoms with Gasteiger partial charge in [-0.3, -0.25) is 9.59 Å². The molecule has 8 nitrogen and oxygen atoms in total. The summed E-state index contributed by atoms with van der Waals surface area (Å²) in [5.74, 6) is -1.53. The summed E-state index contributed by atoms with van der Waals surface area (Å²) in [6.07, 6.45) is 1.84. The number of primary sulfonamides is 1. The second-order valence-corrected chi connectivity index (χ2v) is 7.34. The van der Waals surface area contributed by atoms with Gasteiger partial charge in [0.15, 0.2) is 0 Å². The number of methoxy groups -OCH3 is 1. The molecule has 132 valence electrons. The molecule has 4 N–H and O–H groups in total. The van der Waals surface area contributed by atoms with E-state index in [9.17, 15) is 18.0 Å². The Morgan fingerprint density at radius 2 is 1.79 bits per heavy atom. The van der Waals surface area contributed by atoms with E-state index in [1.807, 2.05) is 0 Å². The zero-order valence-corrected chi connectivity index (χ0v) is 14.0. The second kappa shape index (κ2) is 7.18. The Kier molecular flexibility index (Phi) is 5.45. The van der Waals surface area contributed by atoms with Crippen LogP contribution < -0.4 is 15.2 Å². The van der Waals surface area contributed by atoms with Crippen LogP contribution in [0, 0.1) is 11.8 Å². The quantitative estimate of drug-likeness (QED) is 0.724. The smallest absolute Gasteiger partial charge is 0.306 e. The number of carboxylic acids is 1. The average molecular weight is 356 g/mol. The monoisotopic (exact) mass is 356 g/mol. The summed E-state index contributed by atoms with van der Waals surface area (Å²) in [5, 5.41) is 16.7. The Labute approximate surface area is 140 Å². The zero-order valence-electron chi connectivity index (χ0n) is 13.2. The van der Waals surface area contributed by atoms with Crippen molar-refractivity contribution in [1.29, 1.82) is 0 Å². The third kappa shape index (κ3) is 4.24. The van der Waals surface area contributed by atoms with Crippen molar-refractivity contribution in [3.8, 4) is 5.75 Å². The molecule has 0 bridgehead atoms. The Morgan fingerprint density at radius 3 is 2.29 bits per heavy atom. The number of nitrogens with one attached hydrogen (secondary N) is 1. The molecule has 1 aliphatic carbocycles. The number of hydrogen-bond donors (Lipinski definition) is 3. The van der Waals surface area contributed by atoms with Crippen molar-refractivity contribution < 1.29 is 27.9 Å². The van der Waals surface area contributed by atoms with Crippen LogP contribution in [0.15, 0.2) is 23.1 Å². The van der Waals surface area contributed by atoms with E-state index in [0.29, 0.717) is 31.4 Å². The van der Waals surface area contributed by atoms with E-state index in [1.165, 1.54) is 25.3 Å². The molecule has 1 aliphatic rings. The number of carboxylic acid groups (broad SMARTS) is 1. The van der Waals surface area contributed by atoms with Crippen LogP contribution in [0.5, 0.6) is 5.75 Å². The molecule has 0 unspecified atom stereocenters. The first-order valence-electron chi connectivity index (χ1n) is 7.47. The van der Waals surface area contributed by atoms with Crippen molar-refractivity contribution in [3.63, 3.8) is 0 Å². The van der Waals surface area contributed by atoms with E-state index < -0.39 is 21.9 Å². The lowest BCUT2D eigenvalue weighted by atomic mass is 9.81. The standard InChI is InChI=1S/C15H20N2O6S/c1-23-13-7-6-11(24(16,21)22)8-12(13)17-14(18)9-2-4-10(5-3-9)15(19)20/h6-10H,2-5H2,1H3,(H,17,18)(H,19,20)(H2,16,21,22). The topological polar surface area (TPSA) is 136 Å². The SMILES string of the molecule is COc1ccc(S(N)(=O)=O)cc1NC(=O)C1CCC(C(=O)O)CC1. The van der Waals surface area contributed by atoms with Crippen LogP contribution in [-0.2, 0) is 19.6 Å². The fourth-order valence-corrected chi connectivity index (χ4v) is 3.34. The molecule has 1 amide bonds. The third-order valence-corrected chi connectivity index (χ3v) is 5.12. The van der Waals surface area contributed by atoms with Gasteiger partial charge in [0.2, 0.25) is 15.9 Å². The largest absolute Gasteiger partial charge is 0.495 e. The molecule has 0 aromatic heterocycles. The summed E-state index contributed by atoms with van der Waals surface area (Å²) in [4.78, 5) is 23.2. The molecule has 9 heteroatoms. The highest BCUT2D eigenvalue weighted by molar-refractivity contribution is 7.89. The molecule has 24 heavy (non-hydrogen) atoms. The van der Waals surface area contributed by atoms with Gasteiger partial charge in [0.25, 0.3) is 0 Å². The summed E-state index contributed by atoms with van der Waals surface area (Å²) in [6.45, 7) is 0. The van der Waals surface area contributed by atoms with Crippen molar-refractivity contribution >= 4 is 27.6 Å². The molecule has 1 aromatic carbocycles. The van der Waals surface area contributed by atoms with Gasteiger partial charge in [-0.15, -0.1) is 0 Å². The minimum absolute atomic E-state index is 0.131. The summed E-state index contributed by atoms with van der Waals surface area (Å²) in [7, 11) is -2.50. The number of carbonyl (C=O) groups is 2. The highest BCUT2D eigenvalue weighted by Gasteiger charge is 2.30. The minimum atomic E-state index is -3.90. The van der Waals surface area contributed by atoms with Crippen LogP contribution in [0.3, 0.4) is 0 Å². The Morgan fingerprint density at radius 1 is 1.21 bits per heavy atom. The van der Waals surface area contributed by atoms with Crippen molar-refractivity contribution in [2.75, 3.05) is 12.4 Å². The van der Waals surface area contributed by atoms with Crippen LogP contribution in [-0.4, -0.2) is 32.5 Å². The van der Waals surface area contributed by atoms with Crippen LogP contribution >= 0.6 is 0 Å².